The van der Waals surface area contributed by atoms with Gasteiger partial charge in [0, 0.05) is 25.0 Å². The Hall–Kier alpha value is -3.17. The second-order valence-corrected chi connectivity index (χ2v) is 8.34. The van der Waals surface area contributed by atoms with Gasteiger partial charge in [0.15, 0.2) is 11.9 Å². The molecule has 10 heteroatoms. The van der Waals surface area contributed by atoms with E-state index >= 15 is 0 Å². The number of nitrogens with zero attached hydrogens (tertiary/aromatic N) is 1. The smallest absolute Gasteiger partial charge is 0.413 e. The van der Waals surface area contributed by atoms with E-state index in [1.54, 1.807) is 18.2 Å². The predicted molar refractivity (Wildman–Crippen MR) is 123 cm³/mol. The summed E-state index contributed by atoms with van der Waals surface area (Å²) in [7, 11) is 0. The molecule has 1 aromatic carbocycles. The molecule has 0 atom stereocenters. The second kappa shape index (κ2) is 13.1. The lowest BCUT2D eigenvalue weighted by atomic mass is 10.1. The lowest BCUT2D eigenvalue weighted by Gasteiger charge is -2.22. The molecule has 0 spiro atoms. The van der Waals surface area contributed by atoms with E-state index < -0.39 is 23.7 Å². The van der Waals surface area contributed by atoms with Gasteiger partial charge in [0.1, 0.15) is 6.54 Å². The Balaban J connectivity index is 1.99. The molecule has 0 aliphatic rings. The van der Waals surface area contributed by atoms with Gasteiger partial charge in [0.05, 0.1) is 5.69 Å². The summed E-state index contributed by atoms with van der Waals surface area (Å²) in [6.45, 7) is 3.06. The van der Waals surface area contributed by atoms with E-state index in [1.165, 1.54) is 37.2 Å². The number of rotatable bonds is 15. The Bertz CT molecular complexity index is 986. The largest absolute Gasteiger partial charge is 0.477 e. The fourth-order valence-corrected chi connectivity index (χ4v) is 3.62. The molecule has 192 valence electrons. The van der Waals surface area contributed by atoms with Gasteiger partial charge < -0.3 is 5.11 Å². The molecule has 0 aliphatic carbocycles. The van der Waals surface area contributed by atoms with Crippen LogP contribution in [0, 0.1) is 0 Å². The van der Waals surface area contributed by atoms with Gasteiger partial charge in [-0.15, -0.1) is 0 Å². The normalized spacial score (nSPS) is 11.8. The zero-order valence-corrected chi connectivity index (χ0v) is 19.7. The summed E-state index contributed by atoms with van der Waals surface area (Å²) in [5.74, 6) is -16.5. The Morgan fingerprint density at radius 1 is 0.886 bits per heavy atom. The highest BCUT2D eigenvalue weighted by Gasteiger charge is 2.67. The van der Waals surface area contributed by atoms with E-state index in [9.17, 15) is 27.2 Å². The molecular formula is C25H32F4N3O3+. The van der Waals surface area contributed by atoms with Crippen LogP contribution in [0.5, 0.6) is 0 Å². The van der Waals surface area contributed by atoms with E-state index in [1.807, 2.05) is 24.4 Å². The van der Waals surface area contributed by atoms with Gasteiger partial charge in [-0.3, -0.25) is 15.6 Å². The number of pyridine rings is 1. The zero-order chi connectivity index (χ0) is 25.9. The van der Waals surface area contributed by atoms with Gasteiger partial charge in [0.2, 0.25) is 0 Å². The summed E-state index contributed by atoms with van der Waals surface area (Å²) in [6, 6.07) is 12.4. The molecule has 0 aliphatic heterocycles. The minimum Gasteiger partial charge on any atom is -0.477 e. The van der Waals surface area contributed by atoms with E-state index in [-0.39, 0.29) is 5.69 Å². The number of unbranched alkanes of at least 4 members (excludes halogenated alkanes) is 5. The van der Waals surface area contributed by atoms with Gasteiger partial charge in [-0.25, -0.2) is 9.36 Å². The van der Waals surface area contributed by atoms with Crippen LogP contribution in [-0.2, 0) is 29.0 Å². The van der Waals surface area contributed by atoms with Crippen molar-refractivity contribution < 1.29 is 36.8 Å². The van der Waals surface area contributed by atoms with E-state index in [2.05, 4.69) is 16.9 Å². The number of carbonyl (C=O) groups is 2. The number of para-hydroxylation sites is 1. The first kappa shape index (κ1) is 28.1. The van der Waals surface area contributed by atoms with Crippen molar-refractivity contribution >= 4 is 17.6 Å². The molecule has 0 saturated carbocycles. The highest BCUT2D eigenvalue weighted by molar-refractivity contribution is 5.92. The molecule has 0 bridgehead atoms. The lowest BCUT2D eigenvalue weighted by Crippen LogP contribution is -2.57. The molecule has 0 unspecified atom stereocenters. The average Bonchev–Trinajstić information content (AvgIpc) is 2.84. The van der Waals surface area contributed by atoms with Crippen molar-refractivity contribution in [3.63, 3.8) is 0 Å². The molecule has 1 aromatic heterocycles. The lowest BCUT2D eigenvalue weighted by molar-refractivity contribution is -0.704. The van der Waals surface area contributed by atoms with Crippen LogP contribution in [0.1, 0.15) is 56.7 Å². The number of hydrogen-bond donors (Lipinski definition) is 3. The van der Waals surface area contributed by atoms with Crippen molar-refractivity contribution in [2.75, 3.05) is 5.43 Å². The SMILES string of the molecule is CCCCCCCC[n+]1ccccc1CCc1ccccc1NNC(=O)C(F)(F)C(F)(F)C(=O)O. The fourth-order valence-electron chi connectivity index (χ4n) is 3.62. The van der Waals surface area contributed by atoms with Crippen LogP contribution >= 0.6 is 0 Å². The summed E-state index contributed by atoms with van der Waals surface area (Å²) in [5.41, 5.74) is 5.72. The summed E-state index contributed by atoms with van der Waals surface area (Å²) in [6.07, 6.45) is 10.2. The number of anilines is 1. The number of amides is 1. The van der Waals surface area contributed by atoms with Crippen molar-refractivity contribution in [1.29, 1.82) is 0 Å². The minimum atomic E-state index is -5.55. The number of hydrogen-bond acceptors (Lipinski definition) is 3. The van der Waals surface area contributed by atoms with Crippen LogP contribution in [0.2, 0.25) is 0 Å². The quantitative estimate of drug-likeness (QED) is 0.141. The Morgan fingerprint density at radius 2 is 1.54 bits per heavy atom. The first-order valence-corrected chi connectivity index (χ1v) is 11.7. The maximum atomic E-state index is 13.7. The molecule has 1 heterocycles. The van der Waals surface area contributed by atoms with Gasteiger partial charge in [-0.05, 0) is 24.5 Å². The van der Waals surface area contributed by atoms with E-state index in [0.717, 1.165) is 25.1 Å². The number of alkyl halides is 4. The Morgan fingerprint density at radius 3 is 2.26 bits per heavy atom. The monoisotopic (exact) mass is 498 g/mol. The highest BCUT2D eigenvalue weighted by Crippen LogP contribution is 2.34. The topological polar surface area (TPSA) is 82.3 Å². The number of carbonyl (C=O) groups excluding carboxylic acids is 1. The summed E-state index contributed by atoms with van der Waals surface area (Å²) >= 11 is 0. The standard InChI is InChI=1S/C25H31F4N3O3/c1-2-3-4-5-6-10-17-32-18-11-9-13-20(32)16-15-19-12-7-8-14-21(19)30-31-22(33)24(26,27)25(28,29)23(34)35/h7-9,11-14,18,30H,2-6,10,15-17H2,1H3,(H-,31,33,34,35)/p+1. The minimum absolute atomic E-state index is 0.244. The summed E-state index contributed by atoms with van der Waals surface area (Å²) in [4.78, 5) is 22.1. The predicted octanol–water partition coefficient (Wildman–Crippen LogP) is 4.92. The van der Waals surface area contributed by atoms with E-state index in [4.69, 9.17) is 5.11 Å². The molecular weight excluding hydrogens is 466 g/mol. The van der Waals surface area contributed by atoms with E-state index in [0.29, 0.717) is 18.4 Å². The maximum Gasteiger partial charge on any atom is 0.413 e. The number of carboxylic acid groups (broad SMARTS) is 1. The molecule has 0 saturated heterocycles. The van der Waals surface area contributed by atoms with Crippen molar-refractivity contribution in [2.45, 2.75) is 76.7 Å². The van der Waals surface area contributed by atoms with Crippen LogP contribution < -0.4 is 15.4 Å². The third-order valence-corrected chi connectivity index (χ3v) is 5.71. The molecule has 0 fully saturated rings. The van der Waals surface area contributed by atoms with Gasteiger partial charge in [0.25, 0.3) is 0 Å². The Labute approximate surface area is 202 Å². The van der Waals surface area contributed by atoms with Gasteiger partial charge in [-0.2, -0.15) is 17.6 Å². The molecule has 2 aromatic rings. The van der Waals surface area contributed by atoms with Crippen molar-refractivity contribution in [3.8, 4) is 0 Å². The molecule has 3 N–H and O–H groups in total. The number of benzene rings is 1. The van der Waals surface area contributed by atoms with Gasteiger partial charge in [-0.1, -0.05) is 56.9 Å². The highest BCUT2D eigenvalue weighted by atomic mass is 19.3. The third kappa shape index (κ3) is 7.66. The third-order valence-electron chi connectivity index (χ3n) is 5.71. The van der Waals surface area contributed by atoms with Crippen LogP contribution in [0.25, 0.3) is 0 Å². The fraction of sp³-hybridized carbons (Fsp3) is 0.480. The molecule has 1 amide bonds. The Kier molecular flexibility index (Phi) is 10.5. The maximum absolute atomic E-state index is 13.7. The number of halogens is 4. The number of nitrogens with one attached hydrogen (secondary N) is 2. The number of hydrazine groups is 1. The van der Waals surface area contributed by atoms with Crippen LogP contribution in [0.4, 0.5) is 23.2 Å². The average molecular weight is 499 g/mol. The van der Waals surface area contributed by atoms with Gasteiger partial charge >= 0.3 is 23.7 Å². The number of aliphatic carboxylic acids is 1. The molecule has 2 rings (SSSR count). The first-order valence-electron chi connectivity index (χ1n) is 11.7. The van der Waals surface area contributed by atoms with Crippen LogP contribution in [0.15, 0.2) is 48.7 Å². The number of aromatic nitrogens is 1. The second-order valence-electron chi connectivity index (χ2n) is 8.34. The molecule has 0 radical (unpaired) electrons. The van der Waals surface area contributed by atoms with Crippen LogP contribution in [-0.4, -0.2) is 28.8 Å². The summed E-state index contributed by atoms with van der Waals surface area (Å²) < 4.78 is 56.0. The molecule has 6 nitrogen and oxygen atoms in total. The first-order chi connectivity index (χ1) is 16.6. The van der Waals surface area contributed by atoms with Crippen LogP contribution in [0.3, 0.4) is 0 Å². The number of aryl methyl sites for hydroxylation is 3. The molecule has 35 heavy (non-hydrogen) atoms. The zero-order valence-electron chi connectivity index (χ0n) is 19.7. The van der Waals surface area contributed by atoms with Crippen molar-refractivity contribution in [2.24, 2.45) is 0 Å². The summed E-state index contributed by atoms with van der Waals surface area (Å²) in [5, 5.41) is 8.33. The van der Waals surface area contributed by atoms with Crippen molar-refractivity contribution in [1.82, 2.24) is 5.43 Å². The number of carboxylic acids is 1. The van der Waals surface area contributed by atoms with Crippen molar-refractivity contribution in [3.05, 3.63) is 59.9 Å².